The van der Waals surface area contributed by atoms with Crippen molar-refractivity contribution in [1.82, 2.24) is 14.7 Å². The average molecular weight is 314 g/mol. The smallest absolute Gasteiger partial charge is 0.220 e. The number of hydrogen-bond acceptors (Lipinski definition) is 3. The van der Waals surface area contributed by atoms with Gasteiger partial charge in [0.05, 0.1) is 12.2 Å². The van der Waals surface area contributed by atoms with Crippen LogP contribution in [0.25, 0.3) is 5.65 Å². The van der Waals surface area contributed by atoms with Crippen molar-refractivity contribution >= 4 is 11.6 Å². The van der Waals surface area contributed by atoms with Crippen molar-refractivity contribution in [1.29, 1.82) is 0 Å². The number of carbonyl (C=O) groups is 1. The van der Waals surface area contributed by atoms with Gasteiger partial charge in [0, 0.05) is 18.8 Å². The Bertz CT molecular complexity index is 685. The SMILES string of the molecule is Cc1cccn2cc(CNC(=O)CC3(CN)CCCCC3)nc12. The molecule has 1 aliphatic rings. The second kappa shape index (κ2) is 6.71. The number of nitrogens with one attached hydrogen (secondary N) is 1. The second-order valence-corrected chi connectivity index (χ2v) is 6.87. The molecule has 0 unspecified atom stereocenters. The van der Waals surface area contributed by atoms with Crippen molar-refractivity contribution in [2.24, 2.45) is 11.1 Å². The van der Waals surface area contributed by atoms with Gasteiger partial charge < -0.3 is 15.5 Å². The van der Waals surface area contributed by atoms with E-state index in [0.29, 0.717) is 19.5 Å². The van der Waals surface area contributed by atoms with Gasteiger partial charge in [0.25, 0.3) is 0 Å². The molecule has 5 nitrogen and oxygen atoms in total. The van der Waals surface area contributed by atoms with Gasteiger partial charge in [-0.3, -0.25) is 4.79 Å². The number of amides is 1. The van der Waals surface area contributed by atoms with Gasteiger partial charge in [-0.05, 0) is 43.4 Å². The largest absolute Gasteiger partial charge is 0.350 e. The van der Waals surface area contributed by atoms with Crippen LogP contribution < -0.4 is 11.1 Å². The minimum Gasteiger partial charge on any atom is -0.350 e. The molecular weight excluding hydrogens is 288 g/mol. The van der Waals surface area contributed by atoms with Crippen LogP contribution in [-0.4, -0.2) is 21.8 Å². The van der Waals surface area contributed by atoms with E-state index in [1.807, 2.05) is 35.9 Å². The van der Waals surface area contributed by atoms with E-state index >= 15 is 0 Å². The molecule has 0 atom stereocenters. The van der Waals surface area contributed by atoms with E-state index in [1.165, 1.54) is 19.3 Å². The van der Waals surface area contributed by atoms with Gasteiger partial charge in [0.1, 0.15) is 5.65 Å². The fourth-order valence-electron chi connectivity index (χ4n) is 3.64. The summed E-state index contributed by atoms with van der Waals surface area (Å²) in [5, 5.41) is 3.02. The van der Waals surface area contributed by atoms with E-state index in [9.17, 15) is 4.79 Å². The molecule has 3 N–H and O–H groups in total. The van der Waals surface area contributed by atoms with Gasteiger partial charge in [0.2, 0.25) is 5.91 Å². The first-order chi connectivity index (χ1) is 11.1. The zero-order valence-electron chi connectivity index (χ0n) is 13.8. The first-order valence-corrected chi connectivity index (χ1v) is 8.52. The van der Waals surface area contributed by atoms with E-state index in [-0.39, 0.29) is 11.3 Å². The number of rotatable bonds is 5. The molecule has 0 bridgehead atoms. The number of pyridine rings is 1. The summed E-state index contributed by atoms with van der Waals surface area (Å²) >= 11 is 0. The molecular formula is C18H26N4O. The number of fused-ring (bicyclic) bond motifs is 1. The maximum absolute atomic E-state index is 12.3. The fourth-order valence-corrected chi connectivity index (χ4v) is 3.64. The zero-order valence-corrected chi connectivity index (χ0v) is 13.8. The Hall–Kier alpha value is -1.88. The maximum atomic E-state index is 12.3. The molecule has 0 spiro atoms. The number of carbonyl (C=O) groups excluding carboxylic acids is 1. The molecule has 1 amide bonds. The molecule has 23 heavy (non-hydrogen) atoms. The van der Waals surface area contributed by atoms with Crippen LogP contribution in [0.15, 0.2) is 24.5 Å². The molecule has 1 fully saturated rings. The van der Waals surface area contributed by atoms with E-state index in [2.05, 4.69) is 10.3 Å². The number of imidazole rings is 1. The predicted molar refractivity (Wildman–Crippen MR) is 91.0 cm³/mol. The van der Waals surface area contributed by atoms with Gasteiger partial charge in [0.15, 0.2) is 0 Å². The molecule has 2 aromatic rings. The highest BCUT2D eigenvalue weighted by Gasteiger charge is 2.32. The Labute approximate surface area is 137 Å². The Balaban J connectivity index is 1.60. The lowest BCUT2D eigenvalue weighted by Gasteiger charge is -2.35. The van der Waals surface area contributed by atoms with Gasteiger partial charge in [-0.1, -0.05) is 25.3 Å². The molecule has 1 aliphatic carbocycles. The van der Waals surface area contributed by atoms with E-state index in [0.717, 1.165) is 29.7 Å². The highest BCUT2D eigenvalue weighted by molar-refractivity contribution is 5.76. The van der Waals surface area contributed by atoms with Crippen LogP contribution in [0.3, 0.4) is 0 Å². The maximum Gasteiger partial charge on any atom is 0.220 e. The first-order valence-electron chi connectivity index (χ1n) is 8.52. The van der Waals surface area contributed by atoms with Crippen LogP contribution >= 0.6 is 0 Å². The number of aromatic nitrogens is 2. The number of nitrogens with zero attached hydrogens (tertiary/aromatic N) is 2. The highest BCUT2D eigenvalue weighted by Crippen LogP contribution is 2.38. The number of hydrogen-bond donors (Lipinski definition) is 2. The zero-order chi connectivity index (χ0) is 16.3. The van der Waals surface area contributed by atoms with Crippen molar-refractivity contribution in [3.05, 3.63) is 35.8 Å². The minimum absolute atomic E-state index is 0.0117. The summed E-state index contributed by atoms with van der Waals surface area (Å²) in [5.74, 6) is 0.0890. The van der Waals surface area contributed by atoms with Crippen LogP contribution in [-0.2, 0) is 11.3 Å². The highest BCUT2D eigenvalue weighted by atomic mass is 16.1. The lowest BCUT2D eigenvalue weighted by molar-refractivity contribution is -0.124. The Morgan fingerprint density at radius 3 is 2.87 bits per heavy atom. The minimum atomic E-state index is 0.0117. The summed E-state index contributed by atoms with van der Waals surface area (Å²) < 4.78 is 2.00. The second-order valence-electron chi connectivity index (χ2n) is 6.87. The molecule has 0 saturated heterocycles. The van der Waals surface area contributed by atoms with Crippen molar-refractivity contribution < 1.29 is 4.79 Å². The summed E-state index contributed by atoms with van der Waals surface area (Å²) in [6.45, 7) is 3.12. The molecule has 5 heteroatoms. The Kier molecular flexibility index (Phi) is 4.66. The molecule has 0 aromatic carbocycles. The average Bonchev–Trinajstić information content (AvgIpc) is 2.98. The molecule has 3 rings (SSSR count). The third kappa shape index (κ3) is 3.55. The third-order valence-electron chi connectivity index (χ3n) is 5.08. The monoisotopic (exact) mass is 314 g/mol. The summed E-state index contributed by atoms with van der Waals surface area (Å²) in [6.07, 6.45) is 10.3. The summed E-state index contributed by atoms with van der Waals surface area (Å²) in [4.78, 5) is 16.9. The molecule has 0 radical (unpaired) electrons. The lowest BCUT2D eigenvalue weighted by Crippen LogP contribution is -2.38. The van der Waals surface area contributed by atoms with Gasteiger partial charge in [-0.2, -0.15) is 0 Å². The van der Waals surface area contributed by atoms with E-state index in [4.69, 9.17) is 5.73 Å². The van der Waals surface area contributed by atoms with Crippen molar-refractivity contribution in [3.63, 3.8) is 0 Å². The van der Waals surface area contributed by atoms with Crippen LogP contribution in [0, 0.1) is 12.3 Å². The number of aryl methyl sites for hydroxylation is 1. The molecule has 2 aromatic heterocycles. The van der Waals surface area contributed by atoms with Crippen LogP contribution in [0.2, 0.25) is 0 Å². The van der Waals surface area contributed by atoms with Crippen molar-refractivity contribution in [2.75, 3.05) is 6.54 Å². The molecule has 2 heterocycles. The quantitative estimate of drug-likeness (QED) is 0.891. The number of nitrogens with two attached hydrogens (primary N) is 1. The van der Waals surface area contributed by atoms with Crippen molar-refractivity contribution in [2.45, 2.75) is 52.0 Å². The summed E-state index contributed by atoms with van der Waals surface area (Å²) in [7, 11) is 0. The van der Waals surface area contributed by atoms with E-state index in [1.54, 1.807) is 0 Å². The normalized spacial score (nSPS) is 17.3. The molecule has 1 saturated carbocycles. The molecule has 124 valence electrons. The van der Waals surface area contributed by atoms with Crippen molar-refractivity contribution in [3.8, 4) is 0 Å². The Morgan fingerprint density at radius 1 is 1.39 bits per heavy atom. The summed E-state index contributed by atoms with van der Waals surface area (Å²) in [6, 6.07) is 4.04. The van der Waals surface area contributed by atoms with Gasteiger partial charge in [-0.25, -0.2) is 4.98 Å². The standard InChI is InChI=1S/C18H26N4O/c1-14-6-5-9-22-12-15(21-17(14)22)11-20-16(23)10-18(13-19)7-3-2-4-8-18/h5-6,9,12H,2-4,7-8,10-11,13,19H2,1H3,(H,20,23). The van der Waals surface area contributed by atoms with E-state index < -0.39 is 0 Å². The molecule has 0 aliphatic heterocycles. The van der Waals surface area contributed by atoms with Crippen LogP contribution in [0.1, 0.15) is 49.8 Å². The summed E-state index contributed by atoms with van der Waals surface area (Å²) in [5.41, 5.74) is 8.95. The lowest BCUT2D eigenvalue weighted by atomic mass is 9.71. The topological polar surface area (TPSA) is 72.4 Å². The third-order valence-corrected chi connectivity index (χ3v) is 5.08. The van der Waals surface area contributed by atoms with Crippen LogP contribution in [0.5, 0.6) is 0 Å². The Morgan fingerprint density at radius 2 is 2.17 bits per heavy atom. The fraction of sp³-hybridized carbons (Fsp3) is 0.556. The van der Waals surface area contributed by atoms with Crippen LogP contribution in [0.4, 0.5) is 0 Å². The van der Waals surface area contributed by atoms with Gasteiger partial charge in [-0.15, -0.1) is 0 Å². The first kappa shape index (κ1) is 16.0. The van der Waals surface area contributed by atoms with Gasteiger partial charge >= 0.3 is 0 Å². The predicted octanol–water partition coefficient (Wildman–Crippen LogP) is 2.56.